The number of sulfonamides is 1. The second-order valence-electron chi connectivity index (χ2n) is 3.71. The quantitative estimate of drug-likeness (QED) is 0.621. The van der Waals surface area contributed by atoms with Crippen LogP contribution in [0.3, 0.4) is 0 Å². The van der Waals surface area contributed by atoms with Gasteiger partial charge in [0.25, 0.3) is 0 Å². The summed E-state index contributed by atoms with van der Waals surface area (Å²) in [6.45, 7) is 0. The Hall–Kier alpha value is -1.40. The van der Waals surface area contributed by atoms with Crippen LogP contribution in [-0.4, -0.2) is 14.4 Å². The Morgan fingerprint density at radius 2 is 1.81 bits per heavy atom. The number of hydrogen-bond acceptors (Lipinski definition) is 4. The molecule has 1 aliphatic carbocycles. The molecule has 1 aliphatic rings. The molecule has 0 atom stereocenters. The smallest absolute Gasteiger partial charge is 0.314 e. The number of nitrogens with two attached hydrogens (primary N) is 1. The summed E-state index contributed by atoms with van der Waals surface area (Å²) >= 11 is 0. The Labute approximate surface area is 93.3 Å². The summed E-state index contributed by atoms with van der Waals surface area (Å²) in [5.41, 5.74) is 0. The minimum absolute atomic E-state index is 0.00118. The Morgan fingerprint density at radius 1 is 1.25 bits per heavy atom. The molecule has 5 nitrogen and oxygen atoms in total. The molecular formula is C10H11NO4S. The van der Waals surface area contributed by atoms with Crippen LogP contribution in [0.15, 0.2) is 29.2 Å². The van der Waals surface area contributed by atoms with Gasteiger partial charge < -0.3 is 4.74 Å². The highest BCUT2D eigenvalue weighted by molar-refractivity contribution is 7.89. The number of benzene rings is 1. The van der Waals surface area contributed by atoms with Gasteiger partial charge in [-0.05, 0) is 37.1 Å². The Morgan fingerprint density at radius 3 is 2.25 bits per heavy atom. The van der Waals surface area contributed by atoms with E-state index in [1.165, 1.54) is 24.3 Å². The molecule has 0 unspecified atom stereocenters. The van der Waals surface area contributed by atoms with Crippen molar-refractivity contribution in [2.75, 3.05) is 0 Å². The SMILES string of the molecule is NS(=O)(=O)c1ccc(OC(=O)C2CC2)cc1. The van der Waals surface area contributed by atoms with Crippen molar-refractivity contribution in [3.63, 3.8) is 0 Å². The molecule has 0 heterocycles. The maximum Gasteiger partial charge on any atom is 0.314 e. The zero-order valence-electron chi connectivity index (χ0n) is 8.42. The maximum absolute atomic E-state index is 11.3. The minimum Gasteiger partial charge on any atom is -0.426 e. The fraction of sp³-hybridized carbons (Fsp3) is 0.300. The third kappa shape index (κ3) is 2.59. The largest absolute Gasteiger partial charge is 0.426 e. The number of rotatable bonds is 3. The zero-order valence-corrected chi connectivity index (χ0v) is 9.24. The number of carbonyl (C=O) groups is 1. The average Bonchev–Trinajstić information content (AvgIpc) is 3.00. The van der Waals surface area contributed by atoms with Gasteiger partial charge in [-0.1, -0.05) is 0 Å². The monoisotopic (exact) mass is 241 g/mol. The summed E-state index contributed by atoms with van der Waals surface area (Å²) in [7, 11) is -3.69. The van der Waals surface area contributed by atoms with E-state index >= 15 is 0 Å². The summed E-state index contributed by atoms with van der Waals surface area (Å²) < 4.78 is 26.9. The van der Waals surface area contributed by atoms with E-state index in [0.29, 0.717) is 5.75 Å². The molecule has 6 heteroatoms. The highest BCUT2D eigenvalue weighted by atomic mass is 32.2. The lowest BCUT2D eigenvalue weighted by atomic mass is 10.3. The third-order valence-corrected chi connectivity index (χ3v) is 3.21. The second kappa shape index (κ2) is 3.88. The summed E-state index contributed by atoms with van der Waals surface area (Å²) in [4.78, 5) is 11.3. The molecular weight excluding hydrogens is 230 g/mol. The molecule has 1 aromatic rings. The van der Waals surface area contributed by atoms with Crippen LogP contribution in [-0.2, 0) is 14.8 Å². The molecule has 0 aromatic heterocycles. The summed E-state index contributed by atoms with van der Waals surface area (Å²) in [5.74, 6) is 0.0885. The molecule has 2 rings (SSSR count). The molecule has 0 spiro atoms. The van der Waals surface area contributed by atoms with Crippen molar-refractivity contribution < 1.29 is 17.9 Å². The molecule has 16 heavy (non-hydrogen) atoms. The van der Waals surface area contributed by atoms with E-state index in [9.17, 15) is 13.2 Å². The molecule has 0 bridgehead atoms. The van der Waals surface area contributed by atoms with Gasteiger partial charge in [-0.25, -0.2) is 13.6 Å². The fourth-order valence-electron chi connectivity index (χ4n) is 1.22. The van der Waals surface area contributed by atoms with Gasteiger partial charge in [0, 0.05) is 0 Å². The van der Waals surface area contributed by atoms with Crippen LogP contribution in [0.5, 0.6) is 5.75 Å². The van der Waals surface area contributed by atoms with Crippen LogP contribution < -0.4 is 9.88 Å². The lowest BCUT2D eigenvalue weighted by molar-refractivity contribution is -0.135. The van der Waals surface area contributed by atoms with Gasteiger partial charge in [0.15, 0.2) is 0 Å². The van der Waals surface area contributed by atoms with Crippen molar-refractivity contribution in [3.8, 4) is 5.75 Å². The first-order chi connectivity index (χ1) is 7.47. The van der Waals surface area contributed by atoms with Crippen LogP contribution in [0.2, 0.25) is 0 Å². The predicted octanol–water partition coefficient (Wildman–Crippen LogP) is 0.649. The average molecular weight is 241 g/mol. The van der Waals surface area contributed by atoms with E-state index in [2.05, 4.69) is 0 Å². The highest BCUT2D eigenvalue weighted by Gasteiger charge is 2.31. The van der Waals surface area contributed by atoms with Crippen LogP contribution in [0.4, 0.5) is 0 Å². The van der Waals surface area contributed by atoms with Gasteiger partial charge in [-0.15, -0.1) is 0 Å². The number of primary sulfonamides is 1. The molecule has 0 saturated heterocycles. The van der Waals surface area contributed by atoms with E-state index in [4.69, 9.17) is 9.88 Å². The van der Waals surface area contributed by atoms with Crippen molar-refractivity contribution in [1.82, 2.24) is 0 Å². The maximum atomic E-state index is 11.3. The number of carbonyl (C=O) groups excluding carboxylic acids is 1. The summed E-state index contributed by atoms with van der Waals surface area (Å²) in [6, 6.07) is 5.45. The topological polar surface area (TPSA) is 86.5 Å². The second-order valence-corrected chi connectivity index (χ2v) is 5.27. The standard InChI is InChI=1S/C10H11NO4S/c11-16(13,14)9-5-3-8(4-6-9)15-10(12)7-1-2-7/h3-7H,1-2H2,(H2,11,13,14). The molecule has 0 radical (unpaired) electrons. The van der Waals surface area contributed by atoms with Gasteiger partial charge in [0.2, 0.25) is 10.0 Å². The van der Waals surface area contributed by atoms with Crippen LogP contribution in [0.25, 0.3) is 0 Å². The minimum atomic E-state index is -3.69. The molecule has 2 N–H and O–H groups in total. The van der Waals surface area contributed by atoms with Crippen LogP contribution >= 0.6 is 0 Å². The lowest BCUT2D eigenvalue weighted by Crippen LogP contribution is -2.12. The van der Waals surface area contributed by atoms with Gasteiger partial charge in [-0.2, -0.15) is 0 Å². The first kappa shape index (κ1) is 11.1. The first-order valence-corrected chi connectivity index (χ1v) is 6.36. The summed E-state index contributed by atoms with van der Waals surface area (Å²) in [5, 5.41) is 4.93. The van der Waals surface area contributed by atoms with E-state index < -0.39 is 10.0 Å². The molecule has 0 aliphatic heterocycles. The molecule has 1 fully saturated rings. The van der Waals surface area contributed by atoms with Crippen LogP contribution in [0.1, 0.15) is 12.8 Å². The van der Waals surface area contributed by atoms with E-state index in [1.807, 2.05) is 0 Å². The van der Waals surface area contributed by atoms with Crippen molar-refractivity contribution in [2.45, 2.75) is 17.7 Å². The fourth-order valence-corrected chi connectivity index (χ4v) is 1.73. The van der Waals surface area contributed by atoms with E-state index in [1.54, 1.807) is 0 Å². The summed E-state index contributed by atoms with van der Waals surface area (Å²) in [6.07, 6.45) is 1.74. The Balaban J connectivity index is 2.10. The number of hydrogen-bond donors (Lipinski definition) is 1. The molecule has 0 amide bonds. The van der Waals surface area contributed by atoms with Crippen molar-refractivity contribution >= 4 is 16.0 Å². The third-order valence-electron chi connectivity index (χ3n) is 2.28. The predicted molar refractivity (Wildman–Crippen MR) is 56.2 cm³/mol. The Kier molecular flexibility index (Phi) is 2.69. The van der Waals surface area contributed by atoms with E-state index in [-0.39, 0.29) is 16.8 Å². The van der Waals surface area contributed by atoms with E-state index in [0.717, 1.165) is 12.8 Å². The molecule has 1 saturated carbocycles. The molecule has 1 aromatic carbocycles. The van der Waals surface area contributed by atoms with Crippen molar-refractivity contribution in [2.24, 2.45) is 11.1 Å². The van der Waals surface area contributed by atoms with Gasteiger partial charge in [-0.3, -0.25) is 4.79 Å². The van der Waals surface area contributed by atoms with Crippen LogP contribution in [0, 0.1) is 5.92 Å². The lowest BCUT2D eigenvalue weighted by Gasteiger charge is -2.03. The first-order valence-electron chi connectivity index (χ1n) is 4.81. The zero-order chi connectivity index (χ0) is 11.8. The van der Waals surface area contributed by atoms with Gasteiger partial charge >= 0.3 is 5.97 Å². The Bertz CT molecular complexity index is 502. The normalized spacial score (nSPS) is 15.8. The number of ether oxygens (including phenoxy) is 1. The molecule has 86 valence electrons. The van der Waals surface area contributed by atoms with Crippen molar-refractivity contribution in [1.29, 1.82) is 0 Å². The van der Waals surface area contributed by atoms with Gasteiger partial charge in [0.05, 0.1) is 10.8 Å². The number of esters is 1. The van der Waals surface area contributed by atoms with Gasteiger partial charge in [0.1, 0.15) is 5.75 Å². The highest BCUT2D eigenvalue weighted by Crippen LogP contribution is 2.30. The van der Waals surface area contributed by atoms with Crippen molar-refractivity contribution in [3.05, 3.63) is 24.3 Å².